The molecule has 0 atom stereocenters. The van der Waals surface area contributed by atoms with Crippen LogP contribution in [0.15, 0.2) is 27.8 Å². The maximum Gasteiger partial charge on any atom is 0.243 e. The van der Waals surface area contributed by atoms with Gasteiger partial charge in [-0.3, -0.25) is 4.79 Å². The van der Waals surface area contributed by atoms with Gasteiger partial charge in [-0.2, -0.15) is 0 Å². The van der Waals surface area contributed by atoms with Gasteiger partial charge in [-0.25, -0.2) is 4.99 Å². The van der Waals surface area contributed by atoms with Gasteiger partial charge >= 0.3 is 0 Å². The summed E-state index contributed by atoms with van der Waals surface area (Å²) in [6, 6.07) is 3.84. The Labute approximate surface area is 173 Å². The molecule has 0 aliphatic carbocycles. The normalized spacial score (nSPS) is 15.2. The van der Waals surface area contributed by atoms with E-state index in [1.54, 1.807) is 25.3 Å². The number of guanidine groups is 1. The van der Waals surface area contributed by atoms with Crippen LogP contribution in [-0.2, 0) is 11.2 Å². The van der Waals surface area contributed by atoms with Gasteiger partial charge in [-0.1, -0.05) is 6.42 Å². The van der Waals surface area contributed by atoms with E-state index in [4.69, 9.17) is 4.42 Å². The molecule has 7 nitrogen and oxygen atoms in total. The fraction of sp³-hybridized carbons (Fsp3) is 0.667. The SMILES string of the molecule is CN(C)C(=O)CN=C(NCCc1ccco1)NCCN1CCCCC1.I. The molecule has 1 fully saturated rings. The number of amides is 1. The second-order valence-electron chi connectivity index (χ2n) is 6.54. The Bertz CT molecular complexity index is 528. The van der Waals surface area contributed by atoms with Crippen molar-refractivity contribution in [1.29, 1.82) is 0 Å². The minimum Gasteiger partial charge on any atom is -0.469 e. The van der Waals surface area contributed by atoms with Crippen LogP contribution in [-0.4, -0.2) is 75.0 Å². The first-order chi connectivity index (χ1) is 12.1. The summed E-state index contributed by atoms with van der Waals surface area (Å²) in [6.07, 6.45) is 6.38. The second kappa shape index (κ2) is 13.0. The van der Waals surface area contributed by atoms with Gasteiger partial charge in [0.2, 0.25) is 5.91 Å². The summed E-state index contributed by atoms with van der Waals surface area (Å²) in [5.74, 6) is 1.60. The lowest BCUT2D eigenvalue weighted by molar-refractivity contribution is -0.127. The summed E-state index contributed by atoms with van der Waals surface area (Å²) in [6.45, 7) is 5.04. The second-order valence-corrected chi connectivity index (χ2v) is 6.54. The van der Waals surface area contributed by atoms with Gasteiger partial charge in [0.15, 0.2) is 5.96 Å². The number of halogens is 1. The Kier molecular flexibility index (Phi) is 11.3. The Morgan fingerprint density at radius 3 is 2.62 bits per heavy atom. The molecule has 1 aromatic heterocycles. The zero-order valence-electron chi connectivity index (χ0n) is 15.9. The predicted molar refractivity (Wildman–Crippen MR) is 115 cm³/mol. The van der Waals surface area contributed by atoms with Crippen LogP contribution in [0.2, 0.25) is 0 Å². The van der Waals surface area contributed by atoms with E-state index in [2.05, 4.69) is 20.5 Å². The molecule has 1 amide bonds. The zero-order valence-corrected chi connectivity index (χ0v) is 18.2. The van der Waals surface area contributed by atoms with Gasteiger partial charge in [-0.05, 0) is 38.1 Å². The van der Waals surface area contributed by atoms with E-state index in [1.807, 2.05) is 12.1 Å². The smallest absolute Gasteiger partial charge is 0.243 e. The predicted octanol–water partition coefficient (Wildman–Crippen LogP) is 1.55. The van der Waals surface area contributed by atoms with Crippen LogP contribution in [0, 0.1) is 0 Å². The van der Waals surface area contributed by atoms with Crippen molar-refractivity contribution in [3.8, 4) is 0 Å². The number of likely N-dealkylation sites (N-methyl/N-ethyl adjacent to an activating group) is 1. The van der Waals surface area contributed by atoms with Crippen molar-refractivity contribution in [2.75, 3.05) is 53.4 Å². The van der Waals surface area contributed by atoms with Crippen molar-refractivity contribution in [2.24, 2.45) is 4.99 Å². The van der Waals surface area contributed by atoms with Gasteiger partial charge in [0.1, 0.15) is 12.3 Å². The molecule has 0 radical (unpaired) electrons. The molecule has 0 aromatic carbocycles. The van der Waals surface area contributed by atoms with Crippen LogP contribution in [0.3, 0.4) is 0 Å². The molecule has 0 unspecified atom stereocenters. The van der Waals surface area contributed by atoms with Crippen molar-refractivity contribution in [3.63, 3.8) is 0 Å². The summed E-state index contributed by atoms with van der Waals surface area (Å²) in [7, 11) is 3.48. The fourth-order valence-electron chi connectivity index (χ4n) is 2.74. The van der Waals surface area contributed by atoms with Gasteiger partial charge in [0.25, 0.3) is 0 Å². The van der Waals surface area contributed by atoms with Crippen LogP contribution in [0.5, 0.6) is 0 Å². The van der Waals surface area contributed by atoms with Crippen molar-refractivity contribution in [3.05, 3.63) is 24.2 Å². The van der Waals surface area contributed by atoms with Crippen molar-refractivity contribution >= 4 is 35.8 Å². The molecule has 1 aromatic rings. The average Bonchev–Trinajstić information content (AvgIpc) is 3.13. The standard InChI is InChI=1S/C18H31N5O2.HI/c1-22(2)17(24)15-21-18(19-9-8-16-7-6-14-25-16)20-10-13-23-11-4-3-5-12-23;/h6-7,14H,3-5,8-13,15H2,1-2H3,(H2,19,20,21);1H. The van der Waals surface area contributed by atoms with Gasteiger partial charge in [0, 0.05) is 40.2 Å². The third-order valence-electron chi connectivity index (χ3n) is 4.28. The van der Waals surface area contributed by atoms with Crippen LogP contribution >= 0.6 is 24.0 Å². The third-order valence-corrected chi connectivity index (χ3v) is 4.28. The van der Waals surface area contributed by atoms with Crippen LogP contribution < -0.4 is 10.6 Å². The highest BCUT2D eigenvalue weighted by Gasteiger charge is 2.10. The number of hydrogen-bond acceptors (Lipinski definition) is 4. The van der Waals surface area contributed by atoms with E-state index in [1.165, 1.54) is 32.4 Å². The van der Waals surface area contributed by atoms with E-state index in [9.17, 15) is 4.79 Å². The number of nitrogens with zero attached hydrogens (tertiary/aromatic N) is 3. The molecule has 0 spiro atoms. The molecule has 26 heavy (non-hydrogen) atoms. The zero-order chi connectivity index (χ0) is 17.9. The first-order valence-electron chi connectivity index (χ1n) is 9.12. The molecular formula is C18H32IN5O2. The topological polar surface area (TPSA) is 73.1 Å². The van der Waals surface area contributed by atoms with Crippen LogP contribution in [0.1, 0.15) is 25.0 Å². The number of furan rings is 1. The number of carbonyl (C=O) groups is 1. The quantitative estimate of drug-likeness (QED) is 0.338. The number of nitrogens with one attached hydrogen (secondary N) is 2. The molecule has 1 aliphatic rings. The fourth-order valence-corrected chi connectivity index (χ4v) is 2.74. The van der Waals surface area contributed by atoms with Gasteiger partial charge in [0.05, 0.1) is 6.26 Å². The molecule has 0 saturated carbocycles. The summed E-state index contributed by atoms with van der Waals surface area (Å²) >= 11 is 0. The lowest BCUT2D eigenvalue weighted by Gasteiger charge is -2.26. The number of likely N-dealkylation sites (tertiary alicyclic amines) is 1. The van der Waals surface area contributed by atoms with Crippen molar-refractivity contribution in [1.82, 2.24) is 20.4 Å². The molecule has 0 bridgehead atoms. The number of aliphatic imine (C=N–C) groups is 1. The summed E-state index contributed by atoms with van der Waals surface area (Å²) < 4.78 is 5.34. The molecule has 8 heteroatoms. The van der Waals surface area contributed by atoms with E-state index < -0.39 is 0 Å². The maximum absolute atomic E-state index is 11.8. The molecule has 2 rings (SSSR count). The molecule has 1 aliphatic heterocycles. The summed E-state index contributed by atoms with van der Waals surface area (Å²) in [4.78, 5) is 20.2. The van der Waals surface area contributed by atoms with Crippen molar-refractivity contribution < 1.29 is 9.21 Å². The minimum absolute atomic E-state index is 0. The Hall–Kier alpha value is -1.29. The number of piperidine rings is 1. The van der Waals surface area contributed by atoms with Gasteiger partial charge in [-0.15, -0.1) is 24.0 Å². The third kappa shape index (κ3) is 8.88. The Balaban J connectivity index is 0.00000338. The van der Waals surface area contributed by atoms with E-state index in [0.29, 0.717) is 12.5 Å². The Morgan fingerprint density at radius 2 is 1.96 bits per heavy atom. The first-order valence-corrected chi connectivity index (χ1v) is 9.12. The van der Waals surface area contributed by atoms with E-state index in [0.717, 1.165) is 25.3 Å². The maximum atomic E-state index is 11.8. The van der Waals surface area contributed by atoms with Crippen molar-refractivity contribution in [2.45, 2.75) is 25.7 Å². The largest absolute Gasteiger partial charge is 0.469 e. The monoisotopic (exact) mass is 477 g/mol. The van der Waals surface area contributed by atoms with E-state index in [-0.39, 0.29) is 36.4 Å². The highest BCUT2D eigenvalue weighted by Crippen LogP contribution is 2.07. The molecular weight excluding hydrogens is 445 g/mol. The first kappa shape index (κ1) is 22.8. The molecule has 1 saturated heterocycles. The highest BCUT2D eigenvalue weighted by atomic mass is 127. The molecule has 2 heterocycles. The van der Waals surface area contributed by atoms with Gasteiger partial charge < -0.3 is 24.9 Å². The number of rotatable bonds is 8. The van der Waals surface area contributed by atoms with Crippen LogP contribution in [0.25, 0.3) is 0 Å². The number of carbonyl (C=O) groups excluding carboxylic acids is 1. The highest BCUT2D eigenvalue weighted by molar-refractivity contribution is 14.0. The molecule has 148 valence electrons. The number of hydrogen-bond donors (Lipinski definition) is 2. The summed E-state index contributed by atoms with van der Waals surface area (Å²) in [5, 5.41) is 6.62. The summed E-state index contributed by atoms with van der Waals surface area (Å²) in [5.41, 5.74) is 0. The minimum atomic E-state index is -0.0110. The lowest BCUT2D eigenvalue weighted by atomic mass is 10.1. The average molecular weight is 477 g/mol. The van der Waals surface area contributed by atoms with E-state index >= 15 is 0 Å². The molecule has 2 N–H and O–H groups in total. The van der Waals surface area contributed by atoms with Crippen LogP contribution in [0.4, 0.5) is 0 Å². The lowest BCUT2D eigenvalue weighted by Crippen LogP contribution is -2.43. The Morgan fingerprint density at radius 1 is 1.23 bits per heavy atom.